The standard InChI is InChI=1S/C8H13NO3/c1-6-7(8(11)12)3-2-4-9(6)5-10/h5-7H,2-4H2,1H3,(H,11,12)/t6?,7-/m0/s1. The molecule has 1 rings (SSSR count). The molecule has 0 aromatic rings. The molecule has 1 saturated heterocycles. The molecule has 0 spiro atoms. The monoisotopic (exact) mass is 171 g/mol. The van der Waals surface area contributed by atoms with Crippen LogP contribution in [0.5, 0.6) is 0 Å². The normalized spacial score (nSPS) is 29.9. The summed E-state index contributed by atoms with van der Waals surface area (Å²) in [6.45, 7) is 2.47. The van der Waals surface area contributed by atoms with Gasteiger partial charge in [-0.3, -0.25) is 9.59 Å². The van der Waals surface area contributed by atoms with Crippen molar-refractivity contribution in [1.82, 2.24) is 4.90 Å². The van der Waals surface area contributed by atoms with Crippen LogP contribution in [0.3, 0.4) is 0 Å². The van der Waals surface area contributed by atoms with E-state index in [1.807, 2.05) is 0 Å². The lowest BCUT2D eigenvalue weighted by Gasteiger charge is -2.34. The average molecular weight is 171 g/mol. The number of carboxylic acid groups (broad SMARTS) is 1. The van der Waals surface area contributed by atoms with E-state index in [1.54, 1.807) is 11.8 Å². The van der Waals surface area contributed by atoms with Crippen molar-refractivity contribution in [2.24, 2.45) is 5.92 Å². The van der Waals surface area contributed by atoms with E-state index in [4.69, 9.17) is 5.11 Å². The molecule has 1 N–H and O–H groups in total. The summed E-state index contributed by atoms with van der Waals surface area (Å²) >= 11 is 0. The van der Waals surface area contributed by atoms with Gasteiger partial charge in [0.05, 0.1) is 5.92 Å². The Balaban J connectivity index is 2.65. The number of nitrogens with zero attached hydrogens (tertiary/aromatic N) is 1. The Labute approximate surface area is 71.2 Å². The Bertz CT molecular complexity index is 193. The third-order valence-electron chi connectivity index (χ3n) is 2.49. The number of carbonyl (C=O) groups excluding carboxylic acids is 1. The van der Waals surface area contributed by atoms with E-state index in [0.29, 0.717) is 13.0 Å². The molecule has 0 aromatic heterocycles. The molecule has 0 saturated carbocycles. The van der Waals surface area contributed by atoms with Gasteiger partial charge in [-0.05, 0) is 19.8 Å². The zero-order valence-electron chi connectivity index (χ0n) is 7.06. The lowest BCUT2D eigenvalue weighted by Crippen LogP contribution is -2.45. The molecule has 0 aliphatic carbocycles. The second kappa shape index (κ2) is 3.56. The van der Waals surface area contributed by atoms with Gasteiger partial charge < -0.3 is 10.0 Å². The predicted octanol–water partition coefficient (Wildman–Crippen LogP) is 0.328. The van der Waals surface area contributed by atoms with E-state index < -0.39 is 5.97 Å². The van der Waals surface area contributed by atoms with Crippen LogP contribution in [0.25, 0.3) is 0 Å². The predicted molar refractivity (Wildman–Crippen MR) is 42.6 cm³/mol. The first-order valence-corrected chi connectivity index (χ1v) is 4.10. The molecule has 0 aromatic carbocycles. The summed E-state index contributed by atoms with van der Waals surface area (Å²) < 4.78 is 0. The quantitative estimate of drug-likeness (QED) is 0.609. The minimum absolute atomic E-state index is 0.159. The van der Waals surface area contributed by atoms with Crippen LogP contribution in [0, 0.1) is 5.92 Å². The van der Waals surface area contributed by atoms with Gasteiger partial charge in [-0.25, -0.2) is 0 Å². The van der Waals surface area contributed by atoms with Crippen molar-refractivity contribution in [1.29, 1.82) is 0 Å². The van der Waals surface area contributed by atoms with E-state index in [9.17, 15) is 9.59 Å². The molecule has 68 valence electrons. The number of rotatable bonds is 2. The fraction of sp³-hybridized carbons (Fsp3) is 0.750. The van der Waals surface area contributed by atoms with Gasteiger partial charge in [0.1, 0.15) is 0 Å². The smallest absolute Gasteiger partial charge is 0.308 e. The number of piperidine rings is 1. The summed E-state index contributed by atoms with van der Waals surface area (Å²) in [5, 5.41) is 8.78. The molecule has 12 heavy (non-hydrogen) atoms. The van der Waals surface area contributed by atoms with Gasteiger partial charge in [-0.1, -0.05) is 0 Å². The minimum atomic E-state index is -0.797. The Morgan fingerprint density at radius 1 is 1.67 bits per heavy atom. The first-order valence-electron chi connectivity index (χ1n) is 4.10. The molecule has 1 unspecified atom stereocenters. The van der Waals surface area contributed by atoms with Crippen molar-refractivity contribution in [3.8, 4) is 0 Å². The number of carboxylic acids is 1. The van der Waals surface area contributed by atoms with Crippen LogP contribution in [-0.4, -0.2) is 35.0 Å². The summed E-state index contributed by atoms with van der Waals surface area (Å²) in [6, 6.07) is -0.159. The number of amides is 1. The number of hydrogen-bond acceptors (Lipinski definition) is 2. The van der Waals surface area contributed by atoms with Gasteiger partial charge in [0.15, 0.2) is 0 Å². The zero-order chi connectivity index (χ0) is 9.14. The van der Waals surface area contributed by atoms with E-state index >= 15 is 0 Å². The number of hydrogen-bond donors (Lipinski definition) is 1. The number of carbonyl (C=O) groups is 2. The minimum Gasteiger partial charge on any atom is -0.481 e. The van der Waals surface area contributed by atoms with Crippen molar-refractivity contribution in [2.45, 2.75) is 25.8 Å². The summed E-state index contributed by atoms with van der Waals surface area (Å²) in [6.07, 6.45) is 2.21. The third-order valence-corrected chi connectivity index (χ3v) is 2.49. The molecule has 4 nitrogen and oxygen atoms in total. The first kappa shape index (κ1) is 9.03. The maximum atomic E-state index is 10.7. The lowest BCUT2D eigenvalue weighted by molar-refractivity contribution is -0.146. The first-order chi connectivity index (χ1) is 5.66. The van der Waals surface area contributed by atoms with Gasteiger partial charge in [0.2, 0.25) is 6.41 Å². The van der Waals surface area contributed by atoms with Crippen LogP contribution >= 0.6 is 0 Å². The van der Waals surface area contributed by atoms with Gasteiger partial charge in [0, 0.05) is 12.6 Å². The van der Waals surface area contributed by atoms with Crippen molar-refractivity contribution in [2.75, 3.05) is 6.54 Å². The maximum absolute atomic E-state index is 10.7. The van der Waals surface area contributed by atoms with E-state index in [2.05, 4.69) is 0 Å². The zero-order valence-corrected chi connectivity index (χ0v) is 7.06. The van der Waals surface area contributed by atoms with Crippen LogP contribution < -0.4 is 0 Å². The summed E-state index contributed by atoms with van der Waals surface area (Å²) in [7, 11) is 0. The van der Waals surface area contributed by atoms with Crippen LogP contribution in [0.2, 0.25) is 0 Å². The molecule has 0 radical (unpaired) electrons. The van der Waals surface area contributed by atoms with Crippen molar-refractivity contribution in [3.63, 3.8) is 0 Å². The molecule has 1 aliphatic rings. The molecular formula is C8H13NO3. The van der Waals surface area contributed by atoms with Crippen molar-refractivity contribution in [3.05, 3.63) is 0 Å². The Kier molecular flexibility index (Phi) is 2.68. The van der Waals surface area contributed by atoms with Gasteiger partial charge in [-0.2, -0.15) is 0 Å². The summed E-state index contributed by atoms with van der Waals surface area (Å²) in [5.74, 6) is -1.18. The maximum Gasteiger partial charge on any atom is 0.308 e. The highest BCUT2D eigenvalue weighted by atomic mass is 16.4. The van der Waals surface area contributed by atoms with Gasteiger partial charge in [0.25, 0.3) is 0 Å². The Morgan fingerprint density at radius 3 is 2.83 bits per heavy atom. The third kappa shape index (κ3) is 1.57. The van der Waals surface area contributed by atoms with E-state index in [1.165, 1.54) is 0 Å². The Morgan fingerprint density at radius 2 is 2.33 bits per heavy atom. The highest BCUT2D eigenvalue weighted by molar-refractivity contribution is 5.71. The van der Waals surface area contributed by atoms with E-state index in [0.717, 1.165) is 12.8 Å². The average Bonchev–Trinajstić information content (AvgIpc) is 2.04. The largest absolute Gasteiger partial charge is 0.481 e. The molecule has 2 atom stereocenters. The molecule has 1 aliphatic heterocycles. The molecule has 0 bridgehead atoms. The highest BCUT2D eigenvalue weighted by Crippen LogP contribution is 2.22. The molecule has 1 fully saturated rings. The SMILES string of the molecule is CC1[C@@H](C(=O)O)CCCN1C=O. The Hall–Kier alpha value is -1.06. The summed E-state index contributed by atoms with van der Waals surface area (Å²) in [5.41, 5.74) is 0. The number of aliphatic carboxylic acids is 1. The lowest BCUT2D eigenvalue weighted by atomic mass is 9.91. The fourth-order valence-electron chi connectivity index (χ4n) is 1.65. The van der Waals surface area contributed by atoms with Gasteiger partial charge in [-0.15, -0.1) is 0 Å². The molecule has 4 heteroatoms. The summed E-state index contributed by atoms with van der Waals surface area (Å²) in [4.78, 5) is 22.7. The second-order valence-electron chi connectivity index (χ2n) is 3.17. The van der Waals surface area contributed by atoms with Crippen molar-refractivity contribution < 1.29 is 14.7 Å². The van der Waals surface area contributed by atoms with Crippen LogP contribution in [-0.2, 0) is 9.59 Å². The van der Waals surface area contributed by atoms with Crippen molar-refractivity contribution >= 4 is 12.4 Å². The molecular weight excluding hydrogens is 158 g/mol. The van der Waals surface area contributed by atoms with Gasteiger partial charge >= 0.3 is 5.97 Å². The molecule has 1 heterocycles. The molecule has 1 amide bonds. The highest BCUT2D eigenvalue weighted by Gasteiger charge is 2.31. The number of likely N-dealkylation sites (tertiary alicyclic amines) is 1. The fourth-order valence-corrected chi connectivity index (χ4v) is 1.65. The van der Waals surface area contributed by atoms with Crippen LogP contribution in [0.1, 0.15) is 19.8 Å². The second-order valence-corrected chi connectivity index (χ2v) is 3.17. The van der Waals surface area contributed by atoms with Crippen LogP contribution in [0.4, 0.5) is 0 Å². The van der Waals surface area contributed by atoms with Crippen LogP contribution in [0.15, 0.2) is 0 Å². The van der Waals surface area contributed by atoms with E-state index in [-0.39, 0.29) is 12.0 Å². The topological polar surface area (TPSA) is 57.6 Å².